The van der Waals surface area contributed by atoms with Crippen molar-refractivity contribution in [1.82, 2.24) is 5.32 Å². The maximum absolute atomic E-state index is 3.65. The predicted octanol–water partition coefficient (Wildman–Crippen LogP) is 3.72. The molecule has 3 heteroatoms. The van der Waals surface area contributed by atoms with E-state index in [1.807, 2.05) is 0 Å². The quantitative estimate of drug-likeness (QED) is 0.915. The van der Waals surface area contributed by atoms with Crippen molar-refractivity contribution in [1.29, 1.82) is 0 Å². The summed E-state index contributed by atoms with van der Waals surface area (Å²) in [6.07, 6.45) is 2.51. The molecule has 2 unspecified atom stereocenters. The molecule has 0 spiro atoms. The number of rotatable bonds is 3. The number of benzene rings is 1. The Hall–Kier alpha value is -0.540. The van der Waals surface area contributed by atoms with Crippen molar-refractivity contribution >= 4 is 21.6 Å². The Labute approximate surface area is 119 Å². The molecule has 0 aromatic heterocycles. The van der Waals surface area contributed by atoms with E-state index in [2.05, 4.69) is 65.1 Å². The van der Waals surface area contributed by atoms with Gasteiger partial charge in [-0.1, -0.05) is 35.3 Å². The summed E-state index contributed by atoms with van der Waals surface area (Å²) in [6, 6.07) is 7.69. The minimum absolute atomic E-state index is 0.561. The van der Waals surface area contributed by atoms with Crippen LogP contribution in [0.2, 0.25) is 0 Å². The van der Waals surface area contributed by atoms with Gasteiger partial charge in [-0.05, 0) is 38.0 Å². The molecule has 2 nitrogen and oxygen atoms in total. The number of hydrogen-bond acceptors (Lipinski definition) is 2. The average molecular weight is 311 g/mol. The molecule has 1 aliphatic rings. The van der Waals surface area contributed by atoms with E-state index < -0.39 is 0 Å². The third-order valence-corrected chi connectivity index (χ3v) is 4.70. The summed E-state index contributed by atoms with van der Waals surface area (Å²) in [6.45, 7) is 8.95. The van der Waals surface area contributed by atoms with Crippen LogP contribution in [-0.4, -0.2) is 25.2 Å². The molecule has 0 radical (unpaired) electrons. The third kappa shape index (κ3) is 2.89. The van der Waals surface area contributed by atoms with Crippen LogP contribution in [0.5, 0.6) is 0 Å². The Kier molecular flexibility index (Phi) is 4.68. The fourth-order valence-electron chi connectivity index (χ4n) is 2.71. The molecule has 1 saturated heterocycles. The maximum atomic E-state index is 3.65. The highest BCUT2D eigenvalue weighted by Crippen LogP contribution is 2.29. The molecule has 1 aromatic carbocycles. The minimum atomic E-state index is 0.561. The van der Waals surface area contributed by atoms with Crippen molar-refractivity contribution in [3.05, 3.63) is 28.2 Å². The molecule has 100 valence electrons. The molecule has 0 amide bonds. The summed E-state index contributed by atoms with van der Waals surface area (Å²) in [5.74, 6) is 0. The van der Waals surface area contributed by atoms with Gasteiger partial charge in [0.15, 0.2) is 0 Å². The van der Waals surface area contributed by atoms with Crippen LogP contribution in [0, 0.1) is 6.92 Å². The van der Waals surface area contributed by atoms with Crippen LogP contribution in [-0.2, 0) is 0 Å². The SMILES string of the molecule is CCCC1CN(c2cccc(Br)c2C)C(C)CN1. The Morgan fingerprint density at radius 3 is 2.94 bits per heavy atom. The summed E-state index contributed by atoms with van der Waals surface area (Å²) >= 11 is 3.64. The highest BCUT2D eigenvalue weighted by atomic mass is 79.9. The van der Waals surface area contributed by atoms with Gasteiger partial charge >= 0.3 is 0 Å². The van der Waals surface area contributed by atoms with Gasteiger partial charge in [0.05, 0.1) is 0 Å². The molecule has 0 bridgehead atoms. The van der Waals surface area contributed by atoms with Crippen LogP contribution in [0.4, 0.5) is 5.69 Å². The van der Waals surface area contributed by atoms with E-state index in [0.29, 0.717) is 12.1 Å². The summed E-state index contributed by atoms with van der Waals surface area (Å²) in [5, 5.41) is 3.65. The van der Waals surface area contributed by atoms with Gasteiger partial charge in [-0.25, -0.2) is 0 Å². The van der Waals surface area contributed by atoms with Gasteiger partial charge in [0, 0.05) is 35.3 Å². The molecule has 2 atom stereocenters. The summed E-state index contributed by atoms with van der Waals surface area (Å²) in [7, 11) is 0. The molecule has 1 N–H and O–H groups in total. The van der Waals surface area contributed by atoms with Crippen molar-refractivity contribution in [2.24, 2.45) is 0 Å². The largest absolute Gasteiger partial charge is 0.366 e. The highest BCUT2D eigenvalue weighted by molar-refractivity contribution is 9.10. The Bertz CT molecular complexity index is 405. The second-order valence-electron chi connectivity index (χ2n) is 5.28. The van der Waals surface area contributed by atoms with Gasteiger partial charge < -0.3 is 10.2 Å². The molecular formula is C15H23BrN2. The van der Waals surface area contributed by atoms with Gasteiger partial charge in [-0.15, -0.1) is 0 Å². The van der Waals surface area contributed by atoms with Gasteiger partial charge in [-0.3, -0.25) is 0 Å². The molecule has 18 heavy (non-hydrogen) atoms. The van der Waals surface area contributed by atoms with Crippen molar-refractivity contribution in [2.45, 2.75) is 45.7 Å². The van der Waals surface area contributed by atoms with E-state index in [1.54, 1.807) is 0 Å². The van der Waals surface area contributed by atoms with Crippen LogP contribution in [0.3, 0.4) is 0 Å². The van der Waals surface area contributed by atoms with E-state index in [-0.39, 0.29) is 0 Å². The van der Waals surface area contributed by atoms with Crippen molar-refractivity contribution in [3.8, 4) is 0 Å². The zero-order valence-corrected chi connectivity index (χ0v) is 13.1. The Balaban J connectivity index is 2.21. The second kappa shape index (κ2) is 6.07. The zero-order chi connectivity index (χ0) is 13.1. The maximum Gasteiger partial charge on any atom is 0.0410 e. The van der Waals surface area contributed by atoms with Gasteiger partial charge in [0.1, 0.15) is 0 Å². The molecule has 1 aromatic rings. The van der Waals surface area contributed by atoms with Crippen molar-refractivity contribution in [2.75, 3.05) is 18.0 Å². The van der Waals surface area contributed by atoms with Gasteiger partial charge in [0.25, 0.3) is 0 Å². The second-order valence-corrected chi connectivity index (χ2v) is 6.13. The van der Waals surface area contributed by atoms with E-state index in [1.165, 1.54) is 28.6 Å². The first-order valence-electron chi connectivity index (χ1n) is 6.88. The molecule has 1 aliphatic heterocycles. The lowest BCUT2D eigenvalue weighted by Gasteiger charge is -2.41. The molecule has 2 rings (SSSR count). The molecular weight excluding hydrogens is 288 g/mol. The summed E-state index contributed by atoms with van der Waals surface area (Å²) in [4.78, 5) is 2.55. The first-order valence-corrected chi connectivity index (χ1v) is 7.68. The minimum Gasteiger partial charge on any atom is -0.366 e. The van der Waals surface area contributed by atoms with E-state index >= 15 is 0 Å². The lowest BCUT2D eigenvalue weighted by atomic mass is 10.0. The van der Waals surface area contributed by atoms with Crippen LogP contribution in [0.15, 0.2) is 22.7 Å². The number of nitrogens with one attached hydrogen (secondary N) is 1. The van der Waals surface area contributed by atoms with Crippen LogP contribution in [0.25, 0.3) is 0 Å². The molecule has 0 saturated carbocycles. The lowest BCUT2D eigenvalue weighted by Crippen LogP contribution is -2.55. The fraction of sp³-hybridized carbons (Fsp3) is 0.600. The topological polar surface area (TPSA) is 15.3 Å². The normalized spacial score (nSPS) is 24.3. The number of nitrogens with zero attached hydrogens (tertiary/aromatic N) is 1. The third-order valence-electron chi connectivity index (χ3n) is 3.84. The first-order chi connectivity index (χ1) is 8.63. The fourth-order valence-corrected chi connectivity index (χ4v) is 3.07. The summed E-state index contributed by atoms with van der Waals surface area (Å²) in [5.41, 5.74) is 2.72. The van der Waals surface area contributed by atoms with E-state index in [0.717, 1.165) is 13.1 Å². The standard InChI is InChI=1S/C15H23BrN2/c1-4-6-13-10-18(11(2)9-17-13)15-8-5-7-14(16)12(15)3/h5,7-8,11,13,17H,4,6,9-10H2,1-3H3. The summed E-state index contributed by atoms with van der Waals surface area (Å²) < 4.78 is 1.21. The number of hydrogen-bond donors (Lipinski definition) is 1. The molecule has 1 fully saturated rings. The Morgan fingerprint density at radius 1 is 1.44 bits per heavy atom. The smallest absolute Gasteiger partial charge is 0.0410 e. The number of piperazine rings is 1. The van der Waals surface area contributed by atoms with E-state index in [9.17, 15) is 0 Å². The lowest BCUT2D eigenvalue weighted by molar-refractivity contribution is 0.386. The first kappa shape index (κ1) is 13.9. The van der Waals surface area contributed by atoms with Gasteiger partial charge in [0.2, 0.25) is 0 Å². The average Bonchev–Trinajstić information content (AvgIpc) is 2.36. The van der Waals surface area contributed by atoms with E-state index in [4.69, 9.17) is 0 Å². The van der Waals surface area contributed by atoms with Gasteiger partial charge in [-0.2, -0.15) is 0 Å². The zero-order valence-electron chi connectivity index (χ0n) is 11.5. The number of anilines is 1. The van der Waals surface area contributed by atoms with Crippen LogP contribution in [0.1, 0.15) is 32.3 Å². The van der Waals surface area contributed by atoms with Crippen molar-refractivity contribution < 1.29 is 0 Å². The predicted molar refractivity (Wildman–Crippen MR) is 82.4 cm³/mol. The van der Waals surface area contributed by atoms with Crippen LogP contribution < -0.4 is 10.2 Å². The monoisotopic (exact) mass is 310 g/mol. The Morgan fingerprint density at radius 2 is 2.22 bits per heavy atom. The highest BCUT2D eigenvalue weighted by Gasteiger charge is 2.25. The molecule has 0 aliphatic carbocycles. The van der Waals surface area contributed by atoms with Crippen LogP contribution >= 0.6 is 15.9 Å². The number of halogens is 1. The molecule has 1 heterocycles. The van der Waals surface area contributed by atoms with Crippen molar-refractivity contribution in [3.63, 3.8) is 0 Å².